The van der Waals surface area contributed by atoms with Gasteiger partial charge in [-0.05, 0) is 24.6 Å². The number of nitrogen functional groups attached to an aromatic ring is 1. The summed E-state index contributed by atoms with van der Waals surface area (Å²) in [5.74, 6) is -0.617. The Morgan fingerprint density at radius 1 is 1.42 bits per heavy atom. The van der Waals surface area contributed by atoms with Gasteiger partial charge in [0.15, 0.2) is 0 Å². The molecule has 4 nitrogen and oxygen atoms in total. The van der Waals surface area contributed by atoms with Gasteiger partial charge in [0.1, 0.15) is 5.84 Å². The van der Waals surface area contributed by atoms with Gasteiger partial charge in [-0.25, -0.2) is 0 Å². The fourth-order valence-corrected chi connectivity index (χ4v) is 2.18. The van der Waals surface area contributed by atoms with Crippen molar-refractivity contribution in [2.75, 3.05) is 18.0 Å². The van der Waals surface area contributed by atoms with Crippen molar-refractivity contribution in [3.05, 3.63) is 29.3 Å². The maximum absolute atomic E-state index is 12.8. The number of rotatable bonds is 2. The zero-order valence-electron chi connectivity index (χ0n) is 10.0. The molecule has 2 rings (SSSR count). The van der Waals surface area contributed by atoms with E-state index in [1.165, 1.54) is 12.1 Å². The van der Waals surface area contributed by atoms with E-state index >= 15 is 0 Å². The summed E-state index contributed by atoms with van der Waals surface area (Å²) in [6.07, 6.45) is -4.43. The standard InChI is InChI=1S/C12H14F3N3O/c13-12(14,15)10-2-1-7(5-9(10)11(16)17)18-4-3-8(19)6-18/h1-2,5,8,19H,3-4,6H2,(H3,16,17). The van der Waals surface area contributed by atoms with Crippen molar-refractivity contribution in [1.29, 1.82) is 5.41 Å². The fourth-order valence-electron chi connectivity index (χ4n) is 2.18. The van der Waals surface area contributed by atoms with Crippen molar-refractivity contribution in [2.24, 2.45) is 5.73 Å². The van der Waals surface area contributed by atoms with Crippen LogP contribution in [0.3, 0.4) is 0 Å². The molecule has 1 aliphatic rings. The van der Waals surface area contributed by atoms with E-state index in [0.717, 1.165) is 6.07 Å². The highest BCUT2D eigenvalue weighted by atomic mass is 19.4. The van der Waals surface area contributed by atoms with Gasteiger partial charge in [0, 0.05) is 24.3 Å². The molecule has 0 saturated carbocycles. The minimum absolute atomic E-state index is 0.327. The lowest BCUT2D eigenvalue weighted by atomic mass is 10.0. The Labute approximate surface area is 108 Å². The molecule has 0 aromatic heterocycles. The zero-order valence-corrected chi connectivity index (χ0v) is 10.0. The Morgan fingerprint density at radius 2 is 2.11 bits per heavy atom. The molecular weight excluding hydrogens is 259 g/mol. The number of aliphatic hydroxyl groups is 1. The summed E-state index contributed by atoms with van der Waals surface area (Å²) in [6.45, 7) is 0.951. The molecule has 1 aliphatic heterocycles. The summed E-state index contributed by atoms with van der Waals surface area (Å²) >= 11 is 0. The quantitative estimate of drug-likeness (QED) is 0.565. The highest BCUT2D eigenvalue weighted by molar-refractivity contribution is 5.97. The van der Waals surface area contributed by atoms with E-state index < -0.39 is 23.7 Å². The van der Waals surface area contributed by atoms with Gasteiger partial charge >= 0.3 is 6.18 Å². The highest BCUT2D eigenvalue weighted by Crippen LogP contribution is 2.34. The lowest BCUT2D eigenvalue weighted by Gasteiger charge is -2.20. The third-order valence-corrected chi connectivity index (χ3v) is 3.13. The molecule has 104 valence electrons. The van der Waals surface area contributed by atoms with E-state index in [4.69, 9.17) is 11.1 Å². The monoisotopic (exact) mass is 273 g/mol. The predicted octanol–water partition coefficient (Wildman–Crippen LogP) is 1.56. The minimum Gasteiger partial charge on any atom is -0.391 e. The van der Waals surface area contributed by atoms with Gasteiger partial charge in [-0.1, -0.05) is 0 Å². The summed E-state index contributed by atoms with van der Waals surface area (Å²) in [5.41, 5.74) is 4.52. The normalized spacial score (nSPS) is 19.8. The first-order chi connectivity index (χ1) is 8.79. The van der Waals surface area contributed by atoms with Crippen molar-refractivity contribution in [1.82, 2.24) is 0 Å². The molecule has 0 bridgehead atoms. The van der Waals surface area contributed by atoms with Crippen molar-refractivity contribution in [3.8, 4) is 0 Å². The van der Waals surface area contributed by atoms with Crippen molar-refractivity contribution >= 4 is 11.5 Å². The SMILES string of the molecule is N=C(N)c1cc(N2CCC(O)C2)ccc1C(F)(F)F. The number of halogens is 3. The van der Waals surface area contributed by atoms with Gasteiger partial charge in [0.2, 0.25) is 0 Å². The predicted molar refractivity (Wildman–Crippen MR) is 65.3 cm³/mol. The number of nitrogens with zero attached hydrogens (tertiary/aromatic N) is 1. The molecule has 0 amide bonds. The summed E-state index contributed by atoms with van der Waals surface area (Å²) in [6, 6.07) is 3.52. The summed E-state index contributed by atoms with van der Waals surface area (Å²) < 4.78 is 38.3. The Balaban J connectivity index is 2.39. The maximum atomic E-state index is 12.8. The van der Waals surface area contributed by atoms with Crippen LogP contribution in [-0.4, -0.2) is 30.1 Å². The van der Waals surface area contributed by atoms with Gasteiger partial charge in [0.25, 0.3) is 0 Å². The van der Waals surface area contributed by atoms with Crippen molar-refractivity contribution < 1.29 is 18.3 Å². The number of nitrogens with one attached hydrogen (secondary N) is 1. The molecule has 4 N–H and O–H groups in total. The summed E-state index contributed by atoms with van der Waals surface area (Å²) in [4.78, 5) is 1.78. The number of alkyl halides is 3. The van der Waals surface area contributed by atoms with Crippen LogP contribution in [0.15, 0.2) is 18.2 Å². The molecule has 1 atom stereocenters. The van der Waals surface area contributed by atoms with Gasteiger partial charge in [-0.15, -0.1) is 0 Å². The molecule has 0 spiro atoms. The number of hydrogen-bond acceptors (Lipinski definition) is 3. The van der Waals surface area contributed by atoms with Gasteiger partial charge in [-0.3, -0.25) is 5.41 Å². The van der Waals surface area contributed by atoms with Crippen LogP contribution in [0.2, 0.25) is 0 Å². The second-order valence-corrected chi connectivity index (χ2v) is 4.53. The number of hydrogen-bond donors (Lipinski definition) is 3. The molecule has 0 aliphatic carbocycles. The molecule has 0 radical (unpaired) electrons. The van der Waals surface area contributed by atoms with Crippen LogP contribution in [0.1, 0.15) is 17.5 Å². The third-order valence-electron chi connectivity index (χ3n) is 3.13. The summed E-state index contributed by atoms with van der Waals surface area (Å²) in [7, 11) is 0. The molecule has 1 heterocycles. The topological polar surface area (TPSA) is 73.3 Å². The average molecular weight is 273 g/mol. The van der Waals surface area contributed by atoms with E-state index in [1.54, 1.807) is 4.90 Å². The Bertz CT molecular complexity index is 501. The van der Waals surface area contributed by atoms with Gasteiger partial charge in [-0.2, -0.15) is 13.2 Å². The number of benzene rings is 1. The van der Waals surface area contributed by atoms with Gasteiger partial charge < -0.3 is 15.7 Å². The number of anilines is 1. The van der Waals surface area contributed by atoms with E-state index in [2.05, 4.69) is 0 Å². The Hall–Kier alpha value is -1.76. The molecule has 1 unspecified atom stereocenters. The average Bonchev–Trinajstić information content (AvgIpc) is 2.74. The van der Waals surface area contributed by atoms with Crippen LogP contribution < -0.4 is 10.6 Å². The molecule has 1 fully saturated rings. The Kier molecular flexibility index (Phi) is 3.40. The second kappa shape index (κ2) is 4.73. The first kappa shape index (κ1) is 13.7. The lowest BCUT2D eigenvalue weighted by Crippen LogP contribution is -2.23. The largest absolute Gasteiger partial charge is 0.417 e. The Morgan fingerprint density at radius 3 is 2.58 bits per heavy atom. The second-order valence-electron chi connectivity index (χ2n) is 4.53. The fraction of sp³-hybridized carbons (Fsp3) is 0.417. The van der Waals surface area contributed by atoms with E-state index in [-0.39, 0.29) is 5.56 Å². The van der Waals surface area contributed by atoms with Crippen LogP contribution in [0, 0.1) is 5.41 Å². The molecule has 19 heavy (non-hydrogen) atoms. The first-order valence-electron chi connectivity index (χ1n) is 5.77. The lowest BCUT2D eigenvalue weighted by molar-refractivity contribution is -0.137. The van der Waals surface area contributed by atoms with Crippen molar-refractivity contribution in [2.45, 2.75) is 18.7 Å². The van der Waals surface area contributed by atoms with Crippen LogP contribution in [-0.2, 0) is 6.18 Å². The number of nitrogens with two attached hydrogens (primary N) is 1. The zero-order chi connectivity index (χ0) is 14.2. The van der Waals surface area contributed by atoms with Gasteiger partial charge in [0.05, 0.1) is 11.7 Å². The third kappa shape index (κ3) is 2.81. The minimum atomic E-state index is -4.54. The summed E-state index contributed by atoms with van der Waals surface area (Å²) in [5, 5.41) is 16.7. The van der Waals surface area contributed by atoms with Crippen molar-refractivity contribution in [3.63, 3.8) is 0 Å². The number of amidine groups is 1. The molecule has 7 heteroatoms. The molecule has 1 saturated heterocycles. The maximum Gasteiger partial charge on any atom is 0.417 e. The number of β-amino-alcohol motifs (C(OH)–C–C–N with tert-alkyl or cyclic N) is 1. The smallest absolute Gasteiger partial charge is 0.391 e. The van der Waals surface area contributed by atoms with E-state index in [9.17, 15) is 18.3 Å². The van der Waals surface area contributed by atoms with E-state index in [0.29, 0.717) is 25.2 Å². The molecule has 1 aromatic carbocycles. The van der Waals surface area contributed by atoms with Crippen LogP contribution in [0.4, 0.5) is 18.9 Å². The first-order valence-corrected chi connectivity index (χ1v) is 5.77. The van der Waals surface area contributed by atoms with Crippen LogP contribution in [0.25, 0.3) is 0 Å². The van der Waals surface area contributed by atoms with Crippen LogP contribution >= 0.6 is 0 Å². The number of aliphatic hydroxyl groups excluding tert-OH is 1. The van der Waals surface area contributed by atoms with Crippen LogP contribution in [0.5, 0.6) is 0 Å². The van der Waals surface area contributed by atoms with E-state index in [1.807, 2.05) is 0 Å². The highest BCUT2D eigenvalue weighted by Gasteiger charge is 2.34. The molecular formula is C12H14F3N3O. The molecule has 1 aromatic rings.